The van der Waals surface area contributed by atoms with E-state index in [1.165, 1.54) is 24.3 Å². The third-order valence-electron chi connectivity index (χ3n) is 1.41. The van der Waals surface area contributed by atoms with E-state index in [2.05, 4.69) is 0 Å². The Kier molecular flexibility index (Phi) is 2.73. The minimum Gasteiger partial charge on any atom is -0.366 e. The van der Waals surface area contributed by atoms with Gasteiger partial charge in [-0.3, -0.25) is 9.52 Å². The highest BCUT2D eigenvalue weighted by Gasteiger charge is 2.04. The minimum atomic E-state index is -3.82. The molecule has 0 unspecified atom stereocenters. The molecule has 0 aliphatic carbocycles. The van der Waals surface area contributed by atoms with E-state index in [-0.39, 0.29) is 11.3 Å². The number of hydrogen-bond acceptors (Lipinski definition) is 3. The van der Waals surface area contributed by atoms with E-state index in [9.17, 15) is 13.2 Å². The SMILES string of the molecule is NC(=O)c1cccc(NS(N)(=O)=O)c1. The summed E-state index contributed by atoms with van der Waals surface area (Å²) >= 11 is 0. The number of anilines is 1. The number of rotatable bonds is 3. The Balaban J connectivity index is 3.01. The molecule has 0 aliphatic rings. The fraction of sp³-hybridized carbons (Fsp3) is 0. The van der Waals surface area contributed by atoms with E-state index in [1.54, 1.807) is 0 Å². The molecule has 0 atom stereocenters. The van der Waals surface area contributed by atoms with Crippen LogP contribution in [0.15, 0.2) is 24.3 Å². The van der Waals surface area contributed by atoms with Gasteiger partial charge in [0.05, 0.1) is 5.69 Å². The van der Waals surface area contributed by atoms with Crippen molar-refractivity contribution in [1.29, 1.82) is 0 Å². The number of nitrogens with two attached hydrogens (primary N) is 2. The maximum absolute atomic E-state index is 10.7. The van der Waals surface area contributed by atoms with Gasteiger partial charge in [-0.15, -0.1) is 0 Å². The van der Waals surface area contributed by atoms with Crippen LogP contribution >= 0.6 is 0 Å². The summed E-state index contributed by atoms with van der Waals surface area (Å²) in [5.41, 5.74) is 5.40. The zero-order chi connectivity index (χ0) is 10.8. The van der Waals surface area contributed by atoms with Crippen LogP contribution in [0.3, 0.4) is 0 Å². The second-order valence-corrected chi connectivity index (χ2v) is 3.89. The van der Waals surface area contributed by atoms with Crippen molar-refractivity contribution in [3.63, 3.8) is 0 Å². The predicted molar refractivity (Wildman–Crippen MR) is 51.7 cm³/mol. The van der Waals surface area contributed by atoms with Gasteiger partial charge in [0.15, 0.2) is 0 Å². The third-order valence-corrected chi connectivity index (χ3v) is 1.93. The second-order valence-electron chi connectivity index (χ2n) is 2.59. The number of nitrogens with one attached hydrogen (secondary N) is 1. The average Bonchev–Trinajstić information content (AvgIpc) is 2.01. The van der Waals surface area contributed by atoms with Gasteiger partial charge in [-0.25, -0.2) is 5.14 Å². The minimum absolute atomic E-state index is 0.198. The maximum Gasteiger partial charge on any atom is 0.296 e. The molecule has 1 rings (SSSR count). The van der Waals surface area contributed by atoms with Crippen LogP contribution in [0.1, 0.15) is 10.4 Å². The van der Waals surface area contributed by atoms with Gasteiger partial charge in [-0.05, 0) is 18.2 Å². The van der Waals surface area contributed by atoms with E-state index in [4.69, 9.17) is 10.9 Å². The Bertz CT molecular complexity index is 455. The van der Waals surface area contributed by atoms with Crippen LogP contribution in [-0.4, -0.2) is 14.3 Å². The first-order chi connectivity index (χ1) is 6.38. The van der Waals surface area contributed by atoms with Crippen LogP contribution < -0.4 is 15.6 Å². The number of amides is 1. The van der Waals surface area contributed by atoms with Crippen molar-refractivity contribution in [3.05, 3.63) is 29.8 Å². The van der Waals surface area contributed by atoms with Crippen LogP contribution in [0.2, 0.25) is 0 Å². The number of carbonyl (C=O) groups excluding carboxylic acids is 1. The van der Waals surface area contributed by atoms with E-state index < -0.39 is 16.1 Å². The second kappa shape index (κ2) is 3.64. The van der Waals surface area contributed by atoms with Crippen LogP contribution in [0.25, 0.3) is 0 Å². The molecule has 0 saturated carbocycles. The van der Waals surface area contributed by atoms with Gasteiger partial charge in [0.1, 0.15) is 0 Å². The van der Waals surface area contributed by atoms with Crippen LogP contribution in [0, 0.1) is 0 Å². The van der Waals surface area contributed by atoms with Crippen LogP contribution in [-0.2, 0) is 10.2 Å². The lowest BCUT2D eigenvalue weighted by Crippen LogP contribution is -2.22. The fourth-order valence-electron chi connectivity index (χ4n) is 0.900. The summed E-state index contributed by atoms with van der Waals surface area (Å²) in [7, 11) is -3.82. The largest absolute Gasteiger partial charge is 0.366 e. The summed E-state index contributed by atoms with van der Waals surface area (Å²) in [4.78, 5) is 10.7. The number of carbonyl (C=O) groups is 1. The summed E-state index contributed by atoms with van der Waals surface area (Å²) in [5, 5.41) is 4.74. The molecule has 6 nitrogen and oxygen atoms in total. The first-order valence-electron chi connectivity index (χ1n) is 3.59. The molecule has 5 N–H and O–H groups in total. The van der Waals surface area contributed by atoms with Crippen molar-refractivity contribution >= 4 is 21.8 Å². The Morgan fingerprint density at radius 1 is 1.36 bits per heavy atom. The molecule has 14 heavy (non-hydrogen) atoms. The molecule has 0 fully saturated rings. The summed E-state index contributed by atoms with van der Waals surface area (Å²) in [6.45, 7) is 0. The van der Waals surface area contributed by atoms with Crippen molar-refractivity contribution < 1.29 is 13.2 Å². The zero-order valence-corrected chi connectivity index (χ0v) is 7.91. The first kappa shape index (κ1) is 10.5. The van der Waals surface area contributed by atoms with Crippen LogP contribution in [0.4, 0.5) is 5.69 Å². The molecule has 0 heterocycles. The zero-order valence-electron chi connectivity index (χ0n) is 7.10. The lowest BCUT2D eigenvalue weighted by molar-refractivity contribution is 0.100. The molecule has 76 valence electrons. The Morgan fingerprint density at radius 2 is 2.00 bits per heavy atom. The molecule has 0 spiro atoms. The molecular formula is C7H9N3O3S. The van der Waals surface area contributed by atoms with Gasteiger partial charge in [0, 0.05) is 5.56 Å². The van der Waals surface area contributed by atoms with E-state index in [0.29, 0.717) is 0 Å². The molecule has 7 heteroatoms. The Labute approximate surface area is 81.1 Å². The van der Waals surface area contributed by atoms with Gasteiger partial charge in [-0.2, -0.15) is 8.42 Å². The number of benzene rings is 1. The van der Waals surface area contributed by atoms with Crippen molar-refractivity contribution in [1.82, 2.24) is 0 Å². The lowest BCUT2D eigenvalue weighted by atomic mass is 10.2. The molecule has 0 bridgehead atoms. The monoisotopic (exact) mass is 215 g/mol. The van der Waals surface area contributed by atoms with Crippen molar-refractivity contribution in [2.75, 3.05) is 4.72 Å². The van der Waals surface area contributed by atoms with E-state index in [1.807, 2.05) is 4.72 Å². The summed E-state index contributed by atoms with van der Waals surface area (Å²) in [6, 6.07) is 5.72. The topological polar surface area (TPSA) is 115 Å². The molecule has 0 saturated heterocycles. The van der Waals surface area contributed by atoms with Crippen molar-refractivity contribution in [2.45, 2.75) is 0 Å². The highest BCUT2D eigenvalue weighted by atomic mass is 32.2. The lowest BCUT2D eigenvalue weighted by Gasteiger charge is -2.03. The molecule has 0 aliphatic heterocycles. The molecule has 1 aromatic rings. The van der Waals surface area contributed by atoms with Gasteiger partial charge in [0.2, 0.25) is 5.91 Å². The summed E-state index contributed by atoms with van der Waals surface area (Å²) in [5.74, 6) is -0.636. The fourth-order valence-corrected chi connectivity index (χ4v) is 1.36. The third kappa shape index (κ3) is 3.04. The van der Waals surface area contributed by atoms with Crippen molar-refractivity contribution in [3.8, 4) is 0 Å². The molecule has 0 aromatic heterocycles. The maximum atomic E-state index is 10.7. The average molecular weight is 215 g/mol. The van der Waals surface area contributed by atoms with Gasteiger partial charge >= 0.3 is 0 Å². The Hall–Kier alpha value is -1.60. The number of hydrogen-bond donors (Lipinski definition) is 3. The predicted octanol–water partition coefficient (Wildman–Crippen LogP) is -0.599. The first-order valence-corrected chi connectivity index (χ1v) is 5.13. The normalized spacial score (nSPS) is 10.9. The Morgan fingerprint density at radius 3 is 2.50 bits per heavy atom. The van der Waals surface area contributed by atoms with Crippen molar-refractivity contribution in [2.24, 2.45) is 10.9 Å². The van der Waals surface area contributed by atoms with Gasteiger partial charge < -0.3 is 5.73 Å². The quantitative estimate of drug-likeness (QED) is 0.625. The van der Waals surface area contributed by atoms with Gasteiger partial charge in [-0.1, -0.05) is 6.07 Å². The molecule has 1 aromatic carbocycles. The smallest absolute Gasteiger partial charge is 0.296 e. The van der Waals surface area contributed by atoms with E-state index >= 15 is 0 Å². The summed E-state index contributed by atoms with van der Waals surface area (Å²) in [6.07, 6.45) is 0. The van der Waals surface area contributed by atoms with Crippen LogP contribution in [0.5, 0.6) is 0 Å². The van der Waals surface area contributed by atoms with Gasteiger partial charge in [0.25, 0.3) is 10.2 Å². The highest BCUT2D eigenvalue weighted by Crippen LogP contribution is 2.10. The summed E-state index contributed by atoms with van der Waals surface area (Å²) < 4.78 is 23.3. The van der Waals surface area contributed by atoms with E-state index in [0.717, 1.165) is 0 Å². The molecular weight excluding hydrogens is 206 g/mol. The highest BCUT2D eigenvalue weighted by molar-refractivity contribution is 7.90. The molecule has 1 amide bonds. The standard InChI is InChI=1S/C7H9N3O3S/c8-7(11)5-2-1-3-6(4-5)10-14(9,12)13/h1-4,10H,(H2,8,11)(H2,9,12,13). The molecule has 0 radical (unpaired) electrons. The number of primary amides is 1.